The first-order valence-electron chi connectivity index (χ1n) is 7.56. The summed E-state index contributed by atoms with van der Waals surface area (Å²) >= 11 is 0. The fourth-order valence-corrected chi connectivity index (χ4v) is 3.79. The molecule has 2 unspecified atom stereocenters. The summed E-state index contributed by atoms with van der Waals surface area (Å²) in [5, 5.41) is 3.81. The Labute approximate surface area is 107 Å². The maximum Gasteiger partial charge on any atom is 0.0205 e. The number of piperidine rings is 1. The third-order valence-electron chi connectivity index (χ3n) is 5.10. The summed E-state index contributed by atoms with van der Waals surface area (Å²) in [6.07, 6.45) is 8.45. The van der Waals surface area contributed by atoms with Gasteiger partial charge in [0.1, 0.15) is 0 Å². The Morgan fingerprint density at radius 2 is 2.18 bits per heavy atom. The summed E-state index contributed by atoms with van der Waals surface area (Å²) in [5.74, 6) is 1.73. The molecular weight excluding hydrogens is 208 g/mol. The van der Waals surface area contributed by atoms with E-state index in [1.54, 1.807) is 0 Å². The summed E-state index contributed by atoms with van der Waals surface area (Å²) < 4.78 is 0. The van der Waals surface area contributed by atoms with E-state index >= 15 is 0 Å². The minimum absolute atomic E-state index is 0.468. The lowest BCUT2D eigenvalue weighted by Gasteiger charge is -2.37. The second-order valence-electron chi connectivity index (χ2n) is 6.65. The van der Waals surface area contributed by atoms with Gasteiger partial charge in [-0.1, -0.05) is 13.8 Å². The lowest BCUT2D eigenvalue weighted by atomic mass is 9.78. The molecule has 2 nitrogen and oxygen atoms in total. The Morgan fingerprint density at radius 3 is 2.76 bits per heavy atom. The number of rotatable bonds is 4. The first kappa shape index (κ1) is 13.4. The summed E-state index contributed by atoms with van der Waals surface area (Å²) in [4.78, 5) is 2.51. The zero-order chi connectivity index (χ0) is 12.3. The van der Waals surface area contributed by atoms with Gasteiger partial charge in [-0.05, 0) is 70.5 Å². The molecule has 0 spiro atoms. The number of nitrogens with one attached hydrogen (secondary N) is 1. The van der Waals surface area contributed by atoms with Crippen LogP contribution in [0, 0.1) is 11.8 Å². The molecule has 17 heavy (non-hydrogen) atoms. The molecule has 2 heteroatoms. The molecule has 0 saturated carbocycles. The normalized spacial score (nSPS) is 35.6. The Kier molecular flexibility index (Phi) is 4.48. The van der Waals surface area contributed by atoms with E-state index < -0.39 is 0 Å². The van der Waals surface area contributed by atoms with Crippen molar-refractivity contribution in [3.8, 4) is 0 Å². The monoisotopic (exact) mass is 238 g/mol. The van der Waals surface area contributed by atoms with E-state index in [9.17, 15) is 0 Å². The quantitative estimate of drug-likeness (QED) is 0.810. The lowest BCUT2D eigenvalue weighted by molar-refractivity contribution is 0.171. The molecule has 2 saturated heterocycles. The highest BCUT2D eigenvalue weighted by Gasteiger charge is 2.36. The standard InChI is InChI=1S/C15H30N2/c1-13(2)15(8-5-10-16-15)9-7-14-6-4-11-17(3)12-14/h13-14,16H,4-12H2,1-3H3. The predicted octanol–water partition coefficient (Wildman–Crippen LogP) is 2.89. The molecule has 0 aromatic rings. The van der Waals surface area contributed by atoms with Crippen molar-refractivity contribution in [2.75, 3.05) is 26.7 Å². The van der Waals surface area contributed by atoms with Crippen molar-refractivity contribution < 1.29 is 0 Å². The number of hydrogen-bond acceptors (Lipinski definition) is 2. The van der Waals surface area contributed by atoms with Gasteiger partial charge in [0.2, 0.25) is 0 Å². The molecule has 1 N–H and O–H groups in total. The van der Waals surface area contributed by atoms with E-state index in [1.807, 2.05) is 0 Å². The minimum Gasteiger partial charge on any atom is -0.311 e. The third-order valence-corrected chi connectivity index (χ3v) is 5.10. The predicted molar refractivity (Wildman–Crippen MR) is 74.3 cm³/mol. The highest BCUT2D eigenvalue weighted by atomic mass is 15.1. The third kappa shape index (κ3) is 3.23. The van der Waals surface area contributed by atoms with Crippen molar-refractivity contribution in [2.45, 2.75) is 57.9 Å². The van der Waals surface area contributed by atoms with Crippen molar-refractivity contribution in [1.29, 1.82) is 0 Å². The van der Waals surface area contributed by atoms with Gasteiger partial charge in [-0.15, -0.1) is 0 Å². The Morgan fingerprint density at radius 1 is 1.35 bits per heavy atom. The molecule has 2 rings (SSSR count). The average molecular weight is 238 g/mol. The van der Waals surface area contributed by atoms with Crippen LogP contribution in [0.15, 0.2) is 0 Å². The van der Waals surface area contributed by atoms with Gasteiger partial charge < -0.3 is 10.2 Å². The van der Waals surface area contributed by atoms with Crippen LogP contribution in [0.1, 0.15) is 52.4 Å². The van der Waals surface area contributed by atoms with Gasteiger partial charge in [0.15, 0.2) is 0 Å². The summed E-state index contributed by atoms with van der Waals surface area (Å²) in [7, 11) is 2.28. The zero-order valence-corrected chi connectivity index (χ0v) is 12.0. The lowest BCUT2D eigenvalue weighted by Crippen LogP contribution is -2.45. The molecule has 0 aliphatic carbocycles. The van der Waals surface area contributed by atoms with Gasteiger partial charge in [0, 0.05) is 12.1 Å². The number of nitrogens with zero attached hydrogens (tertiary/aromatic N) is 1. The molecule has 2 aliphatic rings. The van der Waals surface area contributed by atoms with Crippen LogP contribution in [0.5, 0.6) is 0 Å². The topological polar surface area (TPSA) is 15.3 Å². The molecule has 2 atom stereocenters. The van der Waals surface area contributed by atoms with Crippen molar-refractivity contribution in [2.24, 2.45) is 11.8 Å². The van der Waals surface area contributed by atoms with Crippen LogP contribution < -0.4 is 5.32 Å². The van der Waals surface area contributed by atoms with Crippen LogP contribution in [-0.4, -0.2) is 37.1 Å². The van der Waals surface area contributed by atoms with Crippen LogP contribution in [0.3, 0.4) is 0 Å². The van der Waals surface area contributed by atoms with Gasteiger partial charge in [-0.3, -0.25) is 0 Å². The number of hydrogen-bond donors (Lipinski definition) is 1. The van der Waals surface area contributed by atoms with Crippen LogP contribution >= 0.6 is 0 Å². The first-order chi connectivity index (χ1) is 8.12. The van der Waals surface area contributed by atoms with E-state index in [0.717, 1.165) is 11.8 Å². The van der Waals surface area contributed by atoms with Gasteiger partial charge in [-0.2, -0.15) is 0 Å². The molecule has 0 bridgehead atoms. The van der Waals surface area contributed by atoms with Crippen molar-refractivity contribution in [1.82, 2.24) is 10.2 Å². The molecule has 0 radical (unpaired) electrons. The number of likely N-dealkylation sites (tertiary alicyclic amines) is 1. The van der Waals surface area contributed by atoms with Gasteiger partial charge >= 0.3 is 0 Å². The average Bonchev–Trinajstić information content (AvgIpc) is 2.76. The maximum atomic E-state index is 3.81. The summed E-state index contributed by atoms with van der Waals surface area (Å²) in [5.41, 5.74) is 0.468. The van der Waals surface area contributed by atoms with Gasteiger partial charge in [0.25, 0.3) is 0 Å². The molecule has 2 aliphatic heterocycles. The van der Waals surface area contributed by atoms with E-state index in [-0.39, 0.29) is 0 Å². The van der Waals surface area contributed by atoms with Crippen LogP contribution in [0.2, 0.25) is 0 Å². The smallest absolute Gasteiger partial charge is 0.0205 e. The minimum atomic E-state index is 0.468. The molecule has 0 aromatic heterocycles. The Balaban J connectivity index is 1.83. The molecular formula is C15H30N2. The second kappa shape index (κ2) is 5.71. The van der Waals surface area contributed by atoms with E-state index in [2.05, 4.69) is 31.1 Å². The molecule has 2 heterocycles. The van der Waals surface area contributed by atoms with Crippen molar-refractivity contribution in [3.63, 3.8) is 0 Å². The van der Waals surface area contributed by atoms with Crippen LogP contribution in [-0.2, 0) is 0 Å². The molecule has 2 fully saturated rings. The molecule has 0 amide bonds. The largest absolute Gasteiger partial charge is 0.311 e. The fourth-order valence-electron chi connectivity index (χ4n) is 3.79. The zero-order valence-electron chi connectivity index (χ0n) is 12.0. The van der Waals surface area contributed by atoms with Crippen LogP contribution in [0.4, 0.5) is 0 Å². The summed E-state index contributed by atoms with van der Waals surface area (Å²) in [6.45, 7) is 8.66. The summed E-state index contributed by atoms with van der Waals surface area (Å²) in [6, 6.07) is 0. The Bertz CT molecular complexity index is 231. The first-order valence-corrected chi connectivity index (χ1v) is 7.56. The molecule has 0 aromatic carbocycles. The maximum absolute atomic E-state index is 3.81. The van der Waals surface area contributed by atoms with Crippen molar-refractivity contribution >= 4 is 0 Å². The fraction of sp³-hybridized carbons (Fsp3) is 1.00. The SMILES string of the molecule is CC(C)C1(CCC2CCCN(C)C2)CCCN1. The highest BCUT2D eigenvalue weighted by Crippen LogP contribution is 2.34. The van der Waals surface area contributed by atoms with E-state index in [0.29, 0.717) is 5.54 Å². The van der Waals surface area contributed by atoms with E-state index in [1.165, 1.54) is 58.2 Å². The van der Waals surface area contributed by atoms with Gasteiger partial charge in [-0.25, -0.2) is 0 Å². The highest BCUT2D eigenvalue weighted by molar-refractivity contribution is 4.95. The van der Waals surface area contributed by atoms with Gasteiger partial charge in [0.05, 0.1) is 0 Å². The van der Waals surface area contributed by atoms with Crippen molar-refractivity contribution in [3.05, 3.63) is 0 Å². The van der Waals surface area contributed by atoms with E-state index in [4.69, 9.17) is 0 Å². The Hall–Kier alpha value is -0.0800. The molecule has 100 valence electrons. The second-order valence-corrected chi connectivity index (χ2v) is 6.65. The van der Waals surface area contributed by atoms with Crippen LogP contribution in [0.25, 0.3) is 0 Å².